The Morgan fingerprint density at radius 1 is 1.29 bits per heavy atom. The van der Waals surface area contributed by atoms with Crippen LogP contribution in [0.4, 0.5) is 4.39 Å². The largest absolute Gasteiger partial charge is 0.374 e. The molecule has 3 atom stereocenters. The number of hydrogen-bond acceptors (Lipinski definition) is 1. The average Bonchev–Trinajstić information content (AvgIpc) is 2.76. The first-order chi connectivity index (χ1) is 8.18. The smallest absolute Gasteiger partial charge is 0.123 e. The van der Waals surface area contributed by atoms with Crippen LogP contribution in [0.1, 0.15) is 31.2 Å². The van der Waals surface area contributed by atoms with Crippen LogP contribution in [0.15, 0.2) is 24.3 Å². The number of halogens is 2. The maximum atomic E-state index is 12.7. The van der Waals surface area contributed by atoms with Crippen molar-refractivity contribution in [3.8, 4) is 0 Å². The number of ether oxygens (including phenoxy) is 1. The maximum Gasteiger partial charge on any atom is 0.123 e. The zero-order valence-electron chi connectivity index (χ0n) is 9.66. The van der Waals surface area contributed by atoms with E-state index in [0.717, 1.165) is 10.4 Å². The lowest BCUT2D eigenvalue weighted by Gasteiger charge is -2.12. The molecule has 0 saturated heterocycles. The molecule has 0 bridgehead atoms. The van der Waals surface area contributed by atoms with Crippen molar-refractivity contribution >= 4 is 15.9 Å². The van der Waals surface area contributed by atoms with Crippen molar-refractivity contribution in [1.82, 2.24) is 0 Å². The van der Waals surface area contributed by atoms with E-state index in [9.17, 15) is 4.39 Å². The van der Waals surface area contributed by atoms with Crippen LogP contribution in [0.5, 0.6) is 0 Å². The fourth-order valence-electron chi connectivity index (χ4n) is 2.81. The standard InChI is InChI=1S/C14H16BrFO/c15-13-8-14(13)6-5-12(7-14)17-9-10-1-3-11(16)4-2-10/h1-4,12-13H,5-9H2. The molecule has 2 saturated carbocycles. The van der Waals surface area contributed by atoms with Gasteiger partial charge in [0.1, 0.15) is 5.82 Å². The highest BCUT2D eigenvalue weighted by molar-refractivity contribution is 9.09. The van der Waals surface area contributed by atoms with Crippen LogP contribution in [0.25, 0.3) is 0 Å². The minimum atomic E-state index is -0.186. The molecule has 1 aromatic carbocycles. The summed E-state index contributed by atoms with van der Waals surface area (Å²) in [7, 11) is 0. The van der Waals surface area contributed by atoms with Gasteiger partial charge in [-0.15, -0.1) is 0 Å². The summed E-state index contributed by atoms with van der Waals surface area (Å²) in [6.07, 6.45) is 5.34. The van der Waals surface area contributed by atoms with Gasteiger partial charge in [0.2, 0.25) is 0 Å². The van der Waals surface area contributed by atoms with Crippen molar-refractivity contribution in [2.24, 2.45) is 5.41 Å². The van der Waals surface area contributed by atoms with Crippen molar-refractivity contribution in [3.63, 3.8) is 0 Å². The molecule has 2 fully saturated rings. The van der Waals surface area contributed by atoms with Crippen LogP contribution in [-0.4, -0.2) is 10.9 Å². The van der Waals surface area contributed by atoms with Gasteiger partial charge in [-0.25, -0.2) is 4.39 Å². The molecule has 0 aliphatic heterocycles. The van der Waals surface area contributed by atoms with Gasteiger partial charge in [-0.2, -0.15) is 0 Å². The molecule has 3 heteroatoms. The average molecular weight is 299 g/mol. The van der Waals surface area contributed by atoms with E-state index in [4.69, 9.17) is 4.74 Å². The third-order valence-corrected chi connectivity index (χ3v) is 5.38. The van der Waals surface area contributed by atoms with Crippen molar-refractivity contribution < 1.29 is 9.13 Å². The first-order valence-electron chi connectivity index (χ1n) is 6.18. The van der Waals surface area contributed by atoms with E-state index in [1.165, 1.54) is 37.8 Å². The third kappa shape index (κ3) is 2.41. The Morgan fingerprint density at radius 2 is 2.00 bits per heavy atom. The summed E-state index contributed by atoms with van der Waals surface area (Å²) in [4.78, 5) is 0.717. The number of hydrogen-bond donors (Lipinski definition) is 0. The monoisotopic (exact) mass is 298 g/mol. The third-order valence-electron chi connectivity index (χ3n) is 4.09. The van der Waals surface area contributed by atoms with Gasteiger partial charge in [-0.1, -0.05) is 28.1 Å². The fraction of sp³-hybridized carbons (Fsp3) is 0.571. The van der Waals surface area contributed by atoms with Crippen molar-refractivity contribution in [3.05, 3.63) is 35.6 Å². The molecule has 0 radical (unpaired) electrons. The SMILES string of the molecule is Fc1ccc(COC2CCC3(C2)CC3Br)cc1. The zero-order valence-corrected chi connectivity index (χ0v) is 11.2. The maximum absolute atomic E-state index is 12.7. The van der Waals surface area contributed by atoms with Crippen LogP contribution < -0.4 is 0 Å². The first kappa shape index (κ1) is 11.7. The van der Waals surface area contributed by atoms with E-state index >= 15 is 0 Å². The molecular formula is C14H16BrFO. The van der Waals surface area contributed by atoms with E-state index in [1.54, 1.807) is 12.1 Å². The molecule has 0 heterocycles. The molecule has 0 N–H and O–H groups in total. The zero-order chi connectivity index (χ0) is 11.9. The second-order valence-corrected chi connectivity index (χ2v) is 6.44. The lowest BCUT2D eigenvalue weighted by molar-refractivity contribution is 0.0421. The van der Waals surface area contributed by atoms with Crippen LogP contribution in [0.3, 0.4) is 0 Å². The molecule has 92 valence electrons. The molecule has 3 unspecified atom stereocenters. The molecule has 1 nitrogen and oxygen atoms in total. The topological polar surface area (TPSA) is 9.23 Å². The van der Waals surface area contributed by atoms with E-state index in [1.807, 2.05) is 0 Å². The second-order valence-electron chi connectivity index (χ2n) is 5.34. The lowest BCUT2D eigenvalue weighted by atomic mass is 10.1. The van der Waals surface area contributed by atoms with Gasteiger partial charge in [0.25, 0.3) is 0 Å². The van der Waals surface area contributed by atoms with Crippen LogP contribution in [-0.2, 0) is 11.3 Å². The van der Waals surface area contributed by atoms with Crippen LogP contribution in [0.2, 0.25) is 0 Å². The number of rotatable bonds is 3. The van der Waals surface area contributed by atoms with E-state index in [0.29, 0.717) is 18.1 Å². The van der Waals surface area contributed by atoms with Gasteiger partial charge in [0.15, 0.2) is 0 Å². The molecule has 2 aliphatic rings. The van der Waals surface area contributed by atoms with E-state index in [2.05, 4.69) is 15.9 Å². The Kier molecular flexibility index (Phi) is 2.99. The van der Waals surface area contributed by atoms with Crippen LogP contribution >= 0.6 is 15.9 Å². The fourth-order valence-corrected chi connectivity index (χ4v) is 3.87. The highest BCUT2D eigenvalue weighted by Gasteiger charge is 2.56. The summed E-state index contributed by atoms with van der Waals surface area (Å²) in [6.45, 7) is 0.605. The Balaban J connectivity index is 1.50. The van der Waals surface area contributed by atoms with Gasteiger partial charge in [0.05, 0.1) is 12.7 Å². The Labute approximate surface area is 109 Å². The number of benzene rings is 1. The molecule has 3 rings (SSSR count). The van der Waals surface area contributed by atoms with Crippen molar-refractivity contribution in [2.45, 2.75) is 43.2 Å². The Morgan fingerprint density at radius 3 is 2.59 bits per heavy atom. The molecule has 0 aromatic heterocycles. The van der Waals surface area contributed by atoms with E-state index in [-0.39, 0.29) is 5.82 Å². The number of alkyl halides is 1. The quantitative estimate of drug-likeness (QED) is 0.765. The summed E-state index contributed by atoms with van der Waals surface area (Å²) in [5, 5.41) is 0. The van der Waals surface area contributed by atoms with Crippen LogP contribution in [0, 0.1) is 11.2 Å². The summed E-state index contributed by atoms with van der Waals surface area (Å²) >= 11 is 3.70. The first-order valence-corrected chi connectivity index (χ1v) is 7.10. The molecular weight excluding hydrogens is 283 g/mol. The molecule has 17 heavy (non-hydrogen) atoms. The molecule has 1 aromatic rings. The predicted molar refractivity (Wildman–Crippen MR) is 68.6 cm³/mol. The lowest BCUT2D eigenvalue weighted by Crippen LogP contribution is -2.09. The van der Waals surface area contributed by atoms with Gasteiger partial charge in [-0.3, -0.25) is 0 Å². The Hall–Kier alpha value is -0.410. The van der Waals surface area contributed by atoms with Crippen molar-refractivity contribution in [2.75, 3.05) is 0 Å². The summed E-state index contributed by atoms with van der Waals surface area (Å²) in [5.41, 5.74) is 1.60. The molecule has 2 aliphatic carbocycles. The van der Waals surface area contributed by atoms with E-state index < -0.39 is 0 Å². The summed E-state index contributed by atoms with van der Waals surface area (Å²) in [6, 6.07) is 6.57. The minimum absolute atomic E-state index is 0.186. The highest BCUT2D eigenvalue weighted by atomic mass is 79.9. The van der Waals surface area contributed by atoms with Crippen molar-refractivity contribution in [1.29, 1.82) is 0 Å². The Bertz CT molecular complexity index is 405. The molecule has 1 spiro atoms. The summed E-state index contributed by atoms with van der Waals surface area (Å²) < 4.78 is 18.6. The van der Waals surface area contributed by atoms with Gasteiger partial charge in [-0.05, 0) is 48.8 Å². The second kappa shape index (κ2) is 4.36. The minimum Gasteiger partial charge on any atom is -0.374 e. The highest BCUT2D eigenvalue weighted by Crippen LogP contribution is 2.62. The van der Waals surface area contributed by atoms with Gasteiger partial charge >= 0.3 is 0 Å². The van der Waals surface area contributed by atoms with Gasteiger partial charge < -0.3 is 4.74 Å². The van der Waals surface area contributed by atoms with Gasteiger partial charge in [0, 0.05) is 4.83 Å². The summed E-state index contributed by atoms with van der Waals surface area (Å²) in [5.74, 6) is -0.186. The molecule has 0 amide bonds. The predicted octanol–water partition coefficient (Wildman–Crippen LogP) is 4.05. The normalized spacial score (nSPS) is 35.4.